The summed E-state index contributed by atoms with van der Waals surface area (Å²) in [5, 5.41) is 38.4. The van der Waals surface area contributed by atoms with Crippen LogP contribution in [0.3, 0.4) is 0 Å². The SMILES string of the molecule is BC(Nc1cc(F)c2ncc(C#N)c(N[C@@H](CCC#N)c3ccccc3)c2c1)(C1=CN(C2CC2)NN1)c1cccc(C#N)c1. The Morgan fingerprint density at radius 1 is 1.07 bits per heavy atom. The molecule has 4 N–H and O–H groups in total. The number of fused-ring (bicyclic) bond motifs is 1. The highest BCUT2D eigenvalue weighted by Crippen LogP contribution is 2.38. The van der Waals surface area contributed by atoms with Crippen LogP contribution in [-0.2, 0) is 5.44 Å². The lowest BCUT2D eigenvalue weighted by molar-refractivity contribution is 0.260. The van der Waals surface area contributed by atoms with Crippen LogP contribution in [0, 0.1) is 39.8 Å². The summed E-state index contributed by atoms with van der Waals surface area (Å²) in [6, 6.07) is 26.9. The van der Waals surface area contributed by atoms with E-state index in [-0.39, 0.29) is 17.1 Å². The minimum Gasteiger partial charge on any atom is -0.378 e. The molecule has 4 aromatic rings. The molecular formula is C33H29BFN9. The second-order valence-corrected chi connectivity index (χ2v) is 11.2. The Morgan fingerprint density at radius 3 is 2.61 bits per heavy atom. The summed E-state index contributed by atoms with van der Waals surface area (Å²) in [7, 11) is 1.97. The van der Waals surface area contributed by atoms with Gasteiger partial charge in [-0.2, -0.15) is 15.8 Å². The molecule has 9 nitrogen and oxygen atoms in total. The fourth-order valence-electron chi connectivity index (χ4n) is 5.58. The topological polar surface area (TPSA) is 136 Å². The molecular weight excluding hydrogens is 552 g/mol. The number of pyridine rings is 1. The van der Waals surface area contributed by atoms with Crippen LogP contribution in [0.25, 0.3) is 10.9 Å². The number of rotatable bonds is 10. The van der Waals surface area contributed by atoms with E-state index in [2.05, 4.69) is 44.8 Å². The molecule has 216 valence electrons. The zero-order valence-corrected chi connectivity index (χ0v) is 24.1. The molecule has 1 unspecified atom stereocenters. The van der Waals surface area contributed by atoms with Gasteiger partial charge in [-0.05, 0) is 54.7 Å². The van der Waals surface area contributed by atoms with Gasteiger partial charge in [-0.3, -0.25) is 9.99 Å². The van der Waals surface area contributed by atoms with Gasteiger partial charge in [-0.25, -0.2) is 4.39 Å². The summed E-state index contributed by atoms with van der Waals surface area (Å²) in [4.78, 5) is 4.29. The van der Waals surface area contributed by atoms with Crippen LogP contribution in [0.2, 0.25) is 0 Å². The van der Waals surface area contributed by atoms with Crippen molar-refractivity contribution in [1.82, 2.24) is 21.0 Å². The fourth-order valence-corrected chi connectivity index (χ4v) is 5.58. The van der Waals surface area contributed by atoms with Crippen molar-refractivity contribution in [3.63, 3.8) is 0 Å². The van der Waals surface area contributed by atoms with E-state index in [0.717, 1.165) is 29.7 Å². The molecule has 1 aromatic heterocycles. The molecule has 0 bridgehead atoms. The molecule has 3 aromatic carbocycles. The van der Waals surface area contributed by atoms with Crippen LogP contribution in [0.15, 0.2) is 84.8 Å². The first-order valence-corrected chi connectivity index (χ1v) is 14.5. The van der Waals surface area contributed by atoms with Gasteiger partial charge in [0.05, 0.1) is 46.1 Å². The van der Waals surface area contributed by atoms with Crippen LogP contribution in [0.1, 0.15) is 54.0 Å². The number of nitrogens with zero attached hydrogens (tertiary/aromatic N) is 5. The van der Waals surface area contributed by atoms with Crippen molar-refractivity contribution in [1.29, 1.82) is 15.8 Å². The lowest BCUT2D eigenvalue weighted by Gasteiger charge is -2.34. The largest absolute Gasteiger partial charge is 0.378 e. The second kappa shape index (κ2) is 12.0. The lowest BCUT2D eigenvalue weighted by atomic mass is 9.69. The molecule has 6 rings (SSSR count). The Morgan fingerprint density at radius 2 is 1.89 bits per heavy atom. The van der Waals surface area contributed by atoms with Crippen molar-refractivity contribution >= 4 is 30.1 Å². The molecule has 11 heteroatoms. The summed E-state index contributed by atoms with van der Waals surface area (Å²) in [5.74, 6) is -0.551. The number of hydrogen-bond acceptors (Lipinski definition) is 9. The van der Waals surface area contributed by atoms with Crippen LogP contribution in [0.5, 0.6) is 0 Å². The van der Waals surface area contributed by atoms with Gasteiger partial charge < -0.3 is 16.1 Å². The molecule has 0 amide bonds. The van der Waals surface area contributed by atoms with Gasteiger partial charge in [0.1, 0.15) is 19.4 Å². The zero-order valence-electron chi connectivity index (χ0n) is 24.1. The van der Waals surface area contributed by atoms with E-state index in [1.807, 2.05) is 67.6 Å². The third kappa shape index (κ3) is 5.59. The molecule has 0 spiro atoms. The number of anilines is 2. The Labute approximate surface area is 256 Å². The average Bonchev–Trinajstić information content (AvgIpc) is 3.78. The average molecular weight is 581 g/mol. The standard InChI is InChI=1S/C33H29BFN9/c34-33(24-9-4-6-21(14-24)17-37,30-20-44(43-42-30)26-11-12-26)41-25-15-27-31(23(18-38)19-39-32(27)28(35)16-25)40-29(10-5-13-36)22-7-2-1-3-8-22/h1-4,6-9,14-16,19-20,26,29,41-43H,5,10-12,34H2,(H,39,40)/t29-,33?/m0/s1. The molecule has 2 atom stereocenters. The number of benzene rings is 3. The van der Waals surface area contributed by atoms with Crippen LogP contribution in [0.4, 0.5) is 15.8 Å². The number of halogens is 1. The Hall–Kier alpha value is -5.57. The highest BCUT2D eigenvalue weighted by atomic mass is 19.1. The van der Waals surface area contributed by atoms with E-state index in [4.69, 9.17) is 0 Å². The number of hydrazine groups is 2. The van der Waals surface area contributed by atoms with E-state index < -0.39 is 11.3 Å². The van der Waals surface area contributed by atoms with Gasteiger partial charge in [-0.1, -0.05) is 42.5 Å². The highest BCUT2D eigenvalue weighted by molar-refractivity contribution is 6.19. The first-order valence-electron chi connectivity index (χ1n) is 14.5. The summed E-state index contributed by atoms with van der Waals surface area (Å²) in [5.41, 5.74) is 9.92. The minimum absolute atomic E-state index is 0.122. The summed E-state index contributed by atoms with van der Waals surface area (Å²) < 4.78 is 15.8. The first-order chi connectivity index (χ1) is 21.4. The number of nitriles is 3. The Bertz CT molecular complexity index is 1870. The molecule has 1 aliphatic carbocycles. The van der Waals surface area contributed by atoms with Crippen molar-refractivity contribution in [3.05, 3.63) is 113 Å². The van der Waals surface area contributed by atoms with Crippen molar-refractivity contribution < 1.29 is 4.39 Å². The summed E-state index contributed by atoms with van der Waals surface area (Å²) in [6.45, 7) is 0. The van der Waals surface area contributed by atoms with E-state index in [1.165, 1.54) is 12.3 Å². The maximum Gasteiger partial charge on any atom is 0.151 e. The van der Waals surface area contributed by atoms with Gasteiger partial charge in [0.15, 0.2) is 5.82 Å². The minimum atomic E-state index is -0.906. The first kappa shape index (κ1) is 28.5. The monoisotopic (exact) mass is 581 g/mol. The lowest BCUT2D eigenvalue weighted by Crippen LogP contribution is -2.45. The summed E-state index contributed by atoms with van der Waals surface area (Å²) >= 11 is 0. The van der Waals surface area contributed by atoms with Crippen LogP contribution in [-0.4, -0.2) is 23.9 Å². The van der Waals surface area contributed by atoms with Crippen LogP contribution < -0.4 is 21.6 Å². The molecule has 1 aliphatic heterocycles. The van der Waals surface area contributed by atoms with E-state index in [9.17, 15) is 15.8 Å². The smallest absolute Gasteiger partial charge is 0.151 e. The van der Waals surface area contributed by atoms with E-state index in [1.54, 1.807) is 12.1 Å². The normalized spacial score (nSPS) is 16.0. The molecule has 1 fully saturated rings. The van der Waals surface area contributed by atoms with Gasteiger partial charge in [0.25, 0.3) is 0 Å². The number of aromatic nitrogens is 1. The maximum atomic E-state index is 15.8. The molecule has 1 saturated carbocycles. The Balaban J connectivity index is 1.45. The van der Waals surface area contributed by atoms with Crippen molar-refractivity contribution in [2.45, 2.75) is 43.2 Å². The zero-order chi connectivity index (χ0) is 30.7. The predicted octanol–water partition coefficient (Wildman–Crippen LogP) is 4.80. The van der Waals surface area contributed by atoms with Crippen molar-refractivity contribution in [2.75, 3.05) is 10.6 Å². The van der Waals surface area contributed by atoms with Gasteiger partial charge >= 0.3 is 0 Å². The summed E-state index contributed by atoms with van der Waals surface area (Å²) in [6.07, 6.45) is 6.34. The van der Waals surface area contributed by atoms with Crippen molar-refractivity contribution in [2.24, 2.45) is 0 Å². The third-order valence-electron chi connectivity index (χ3n) is 8.14. The second-order valence-electron chi connectivity index (χ2n) is 11.2. The van der Waals surface area contributed by atoms with Crippen molar-refractivity contribution in [3.8, 4) is 18.2 Å². The maximum absolute atomic E-state index is 15.8. The van der Waals surface area contributed by atoms with Gasteiger partial charge in [0.2, 0.25) is 0 Å². The predicted molar refractivity (Wildman–Crippen MR) is 168 cm³/mol. The van der Waals surface area contributed by atoms with E-state index >= 15 is 4.39 Å². The molecule has 44 heavy (non-hydrogen) atoms. The van der Waals surface area contributed by atoms with Crippen LogP contribution >= 0.6 is 0 Å². The quantitative estimate of drug-likeness (QED) is 0.195. The molecule has 0 saturated heterocycles. The fraction of sp³-hybridized carbons (Fsp3) is 0.212. The number of hydrogen-bond donors (Lipinski definition) is 4. The molecule has 2 aliphatic rings. The highest BCUT2D eigenvalue weighted by Gasteiger charge is 2.38. The van der Waals surface area contributed by atoms with Gasteiger partial charge in [0, 0.05) is 35.9 Å². The number of nitrogens with one attached hydrogen (secondary N) is 4. The Kier molecular flexibility index (Phi) is 7.77. The van der Waals surface area contributed by atoms with E-state index in [0.29, 0.717) is 41.2 Å². The molecule has 2 heterocycles. The third-order valence-corrected chi connectivity index (χ3v) is 8.14. The molecule has 0 radical (unpaired) electrons. The van der Waals surface area contributed by atoms with Gasteiger partial charge in [-0.15, -0.1) is 5.53 Å².